The maximum Gasteiger partial charge on any atom is 0.0701 e. The van der Waals surface area contributed by atoms with Crippen LogP contribution in [-0.2, 0) is 61.6 Å². The Balaban J connectivity index is 3.03. The zero-order chi connectivity index (χ0) is 33.8. The fraction of sp³-hybridized carbons (Fsp3) is 1.00. The van der Waals surface area contributed by atoms with E-state index in [1.54, 1.807) is 0 Å². The van der Waals surface area contributed by atoms with Gasteiger partial charge >= 0.3 is 0 Å². The standard InChI is InChI=1S/C32H64ClIO13/c33-5-3-1-2-4-7-35-9-11-37-13-15-39-17-19-41-21-23-43-25-27-45-29-31-47-32-30-46-28-26-44-24-22-42-20-18-40-16-14-38-12-10-36-8-6-34/h1-32H2. The first kappa shape index (κ1) is 47.5. The molecule has 0 saturated carbocycles. The zero-order valence-electron chi connectivity index (χ0n) is 28.7. The predicted octanol–water partition coefficient (Wildman–Crippen LogP) is 3.44. The Morgan fingerprint density at radius 3 is 0.638 bits per heavy atom. The molecule has 0 aliphatic carbocycles. The first-order valence-electron chi connectivity index (χ1n) is 17.0. The molecule has 0 aromatic rings. The van der Waals surface area contributed by atoms with Crippen molar-refractivity contribution in [2.75, 3.05) is 182 Å². The van der Waals surface area contributed by atoms with Crippen LogP contribution in [0.3, 0.4) is 0 Å². The van der Waals surface area contributed by atoms with Crippen LogP contribution in [0, 0.1) is 0 Å². The van der Waals surface area contributed by atoms with Crippen LogP contribution in [0.25, 0.3) is 0 Å². The molecule has 0 spiro atoms. The van der Waals surface area contributed by atoms with Gasteiger partial charge in [-0.3, -0.25) is 0 Å². The van der Waals surface area contributed by atoms with Crippen LogP contribution in [0.1, 0.15) is 25.7 Å². The van der Waals surface area contributed by atoms with E-state index in [0.717, 1.165) is 36.4 Å². The van der Waals surface area contributed by atoms with Gasteiger partial charge in [0.15, 0.2) is 0 Å². The fourth-order valence-electron chi connectivity index (χ4n) is 3.45. The summed E-state index contributed by atoms with van der Waals surface area (Å²) in [6.45, 7) is 14.5. The van der Waals surface area contributed by atoms with E-state index in [-0.39, 0.29) is 0 Å². The zero-order valence-corrected chi connectivity index (χ0v) is 31.6. The third-order valence-corrected chi connectivity index (χ3v) is 6.57. The van der Waals surface area contributed by atoms with Crippen LogP contribution >= 0.6 is 34.2 Å². The SMILES string of the molecule is ClCCCCCCOCCOCCOCCOCCOCCOCCOCCOCCOCCOCCOCCOCCOCCI. The van der Waals surface area contributed by atoms with Gasteiger partial charge in [-0.15, -0.1) is 11.6 Å². The van der Waals surface area contributed by atoms with E-state index in [0.29, 0.717) is 159 Å². The molecular weight excluding hydrogens is 755 g/mol. The molecule has 0 heterocycles. The fourth-order valence-corrected chi connectivity index (χ4v) is 3.95. The molecule has 47 heavy (non-hydrogen) atoms. The highest BCUT2D eigenvalue weighted by Crippen LogP contribution is 2.01. The van der Waals surface area contributed by atoms with E-state index in [4.69, 9.17) is 73.2 Å². The lowest BCUT2D eigenvalue weighted by Crippen LogP contribution is -2.15. The van der Waals surface area contributed by atoms with Crippen LogP contribution < -0.4 is 0 Å². The summed E-state index contributed by atoms with van der Waals surface area (Å²) in [5, 5.41) is 0. The molecule has 0 unspecified atom stereocenters. The van der Waals surface area contributed by atoms with Gasteiger partial charge in [-0.05, 0) is 12.8 Å². The Bertz CT molecular complexity index is 503. The maximum absolute atomic E-state index is 5.65. The van der Waals surface area contributed by atoms with Crippen molar-refractivity contribution in [1.82, 2.24) is 0 Å². The van der Waals surface area contributed by atoms with Crippen molar-refractivity contribution in [1.29, 1.82) is 0 Å². The first-order chi connectivity index (χ1) is 23.4. The molecule has 0 aliphatic heterocycles. The second-order valence-electron chi connectivity index (χ2n) is 9.75. The molecule has 0 amide bonds. The van der Waals surface area contributed by atoms with Crippen LogP contribution in [0.2, 0.25) is 0 Å². The van der Waals surface area contributed by atoms with Gasteiger partial charge < -0.3 is 61.6 Å². The smallest absolute Gasteiger partial charge is 0.0701 e. The molecule has 0 bridgehead atoms. The number of hydrogen-bond acceptors (Lipinski definition) is 13. The van der Waals surface area contributed by atoms with Gasteiger partial charge in [0.05, 0.1) is 165 Å². The van der Waals surface area contributed by atoms with Crippen LogP contribution in [-0.4, -0.2) is 182 Å². The Morgan fingerprint density at radius 2 is 0.426 bits per heavy atom. The molecule has 0 radical (unpaired) electrons. The molecule has 0 aromatic heterocycles. The molecule has 0 saturated heterocycles. The van der Waals surface area contributed by atoms with E-state index < -0.39 is 0 Å². The minimum absolute atomic E-state index is 0.513. The molecule has 13 nitrogen and oxygen atoms in total. The summed E-state index contributed by atoms with van der Waals surface area (Å²) in [7, 11) is 0. The van der Waals surface area contributed by atoms with Crippen LogP contribution in [0.15, 0.2) is 0 Å². The van der Waals surface area contributed by atoms with Crippen LogP contribution in [0.4, 0.5) is 0 Å². The topological polar surface area (TPSA) is 120 Å². The minimum atomic E-state index is 0.513. The largest absolute Gasteiger partial charge is 0.379 e. The summed E-state index contributed by atoms with van der Waals surface area (Å²) >= 11 is 7.93. The highest BCUT2D eigenvalue weighted by Gasteiger charge is 1.97. The van der Waals surface area contributed by atoms with E-state index in [9.17, 15) is 0 Å². The first-order valence-corrected chi connectivity index (χ1v) is 19.1. The van der Waals surface area contributed by atoms with Crippen molar-refractivity contribution in [3.8, 4) is 0 Å². The van der Waals surface area contributed by atoms with Crippen molar-refractivity contribution >= 4 is 34.2 Å². The van der Waals surface area contributed by atoms with Gasteiger partial charge in [-0.25, -0.2) is 0 Å². The lowest BCUT2D eigenvalue weighted by molar-refractivity contribution is -0.0289. The Hall–Kier alpha value is 0.500. The molecule has 0 aliphatic rings. The van der Waals surface area contributed by atoms with Gasteiger partial charge in [-0.1, -0.05) is 35.4 Å². The minimum Gasteiger partial charge on any atom is -0.379 e. The van der Waals surface area contributed by atoms with E-state index >= 15 is 0 Å². The van der Waals surface area contributed by atoms with Gasteiger partial charge in [0.2, 0.25) is 0 Å². The van der Waals surface area contributed by atoms with Gasteiger partial charge in [-0.2, -0.15) is 0 Å². The van der Waals surface area contributed by atoms with Gasteiger partial charge in [0.25, 0.3) is 0 Å². The number of halogens is 2. The highest BCUT2D eigenvalue weighted by molar-refractivity contribution is 14.1. The second-order valence-corrected chi connectivity index (χ2v) is 11.2. The summed E-state index contributed by atoms with van der Waals surface area (Å²) in [6.07, 6.45) is 4.50. The second kappa shape index (κ2) is 46.5. The van der Waals surface area contributed by atoms with Gasteiger partial charge in [0.1, 0.15) is 0 Å². The molecule has 284 valence electrons. The maximum atomic E-state index is 5.65. The number of hydrogen-bond donors (Lipinski definition) is 0. The molecule has 0 rings (SSSR count). The molecule has 0 aromatic carbocycles. The van der Waals surface area contributed by atoms with E-state index in [2.05, 4.69) is 22.6 Å². The third-order valence-electron chi connectivity index (χ3n) is 5.86. The lowest BCUT2D eigenvalue weighted by atomic mass is 10.2. The average molecular weight is 819 g/mol. The molecule has 0 N–H and O–H groups in total. The summed E-state index contributed by atoms with van der Waals surface area (Å²) in [5.74, 6) is 0.743. The quantitative estimate of drug-likeness (QED) is 0.0508. The van der Waals surface area contributed by atoms with E-state index in [1.807, 2.05) is 0 Å². The summed E-state index contributed by atoms with van der Waals surface area (Å²) < 4.78 is 72.0. The normalized spacial score (nSPS) is 11.6. The monoisotopic (exact) mass is 818 g/mol. The molecule has 0 atom stereocenters. The summed E-state index contributed by atoms with van der Waals surface area (Å²) in [5.41, 5.74) is 0. The number of alkyl halides is 2. The van der Waals surface area contributed by atoms with Crippen molar-refractivity contribution in [3.05, 3.63) is 0 Å². The van der Waals surface area contributed by atoms with E-state index in [1.165, 1.54) is 12.8 Å². The average Bonchev–Trinajstić information content (AvgIpc) is 3.08. The van der Waals surface area contributed by atoms with Crippen molar-refractivity contribution in [2.45, 2.75) is 25.7 Å². The Morgan fingerprint density at radius 1 is 0.234 bits per heavy atom. The third kappa shape index (κ3) is 46.5. The molecular formula is C32H64ClIO13. The van der Waals surface area contributed by atoms with Crippen molar-refractivity contribution < 1.29 is 61.6 Å². The Kier molecular flexibility index (Phi) is 47.0. The Labute approximate surface area is 302 Å². The number of unbranched alkanes of at least 4 members (excludes halogenated alkanes) is 3. The molecule has 15 heteroatoms. The lowest BCUT2D eigenvalue weighted by Gasteiger charge is -2.09. The summed E-state index contributed by atoms with van der Waals surface area (Å²) in [6, 6.07) is 0. The summed E-state index contributed by atoms with van der Waals surface area (Å²) in [4.78, 5) is 0. The number of rotatable bonds is 44. The van der Waals surface area contributed by atoms with Crippen molar-refractivity contribution in [3.63, 3.8) is 0 Å². The van der Waals surface area contributed by atoms with Crippen molar-refractivity contribution in [2.24, 2.45) is 0 Å². The number of ether oxygens (including phenoxy) is 13. The molecule has 0 fully saturated rings. The van der Waals surface area contributed by atoms with Gasteiger partial charge in [0, 0.05) is 16.9 Å². The highest BCUT2D eigenvalue weighted by atomic mass is 127. The van der Waals surface area contributed by atoms with Crippen LogP contribution in [0.5, 0.6) is 0 Å². The predicted molar refractivity (Wildman–Crippen MR) is 189 cm³/mol.